The highest BCUT2D eigenvalue weighted by molar-refractivity contribution is 4.70. The van der Waals surface area contributed by atoms with Crippen LogP contribution < -0.4 is 0 Å². The largest absolute Gasteiger partial charge is 0.395 e. The van der Waals surface area contributed by atoms with Gasteiger partial charge in [-0.1, -0.05) is 13.8 Å². The Balaban J connectivity index is 4.03. The Labute approximate surface area is 88.7 Å². The molecule has 0 rings (SSSR count). The Morgan fingerprint density at radius 1 is 1.07 bits per heavy atom. The van der Waals surface area contributed by atoms with Gasteiger partial charge in [0.2, 0.25) is 0 Å². The third-order valence-corrected chi connectivity index (χ3v) is 2.24. The second-order valence-corrected chi connectivity index (χ2v) is 4.72. The molecule has 1 N–H and O–H groups in total. The van der Waals surface area contributed by atoms with Crippen LogP contribution in [0.1, 0.15) is 20.8 Å². The smallest absolute Gasteiger partial charge is 0.0558 e. The topological polar surface area (TPSA) is 26.7 Å². The van der Waals surface area contributed by atoms with E-state index in [4.69, 9.17) is 5.11 Å². The molecule has 0 saturated heterocycles. The summed E-state index contributed by atoms with van der Waals surface area (Å²) in [6.45, 7) is 9.80. The second kappa shape index (κ2) is 7.21. The lowest BCUT2D eigenvalue weighted by atomic mass is 10.1. The van der Waals surface area contributed by atoms with Crippen LogP contribution in [-0.4, -0.2) is 61.3 Å². The van der Waals surface area contributed by atoms with Gasteiger partial charge in [0.25, 0.3) is 0 Å². The molecule has 14 heavy (non-hydrogen) atoms. The molecule has 0 aromatic carbocycles. The Bertz CT molecular complexity index is 137. The summed E-state index contributed by atoms with van der Waals surface area (Å²) >= 11 is 0. The van der Waals surface area contributed by atoms with Gasteiger partial charge in [-0.05, 0) is 26.9 Å². The predicted octanol–water partition coefficient (Wildman–Crippen LogP) is 0.887. The van der Waals surface area contributed by atoms with Crippen molar-refractivity contribution in [1.82, 2.24) is 9.80 Å². The molecule has 0 bridgehead atoms. The summed E-state index contributed by atoms with van der Waals surface area (Å²) in [6, 6.07) is 0.513. The highest BCUT2D eigenvalue weighted by Gasteiger charge is 2.14. The molecule has 3 heteroatoms. The number of likely N-dealkylation sites (N-methyl/N-ethyl adjacent to an activating group) is 1. The fourth-order valence-corrected chi connectivity index (χ4v) is 1.73. The molecule has 0 amide bonds. The second-order valence-electron chi connectivity index (χ2n) is 4.72. The van der Waals surface area contributed by atoms with Gasteiger partial charge in [-0.25, -0.2) is 0 Å². The summed E-state index contributed by atoms with van der Waals surface area (Å²) < 4.78 is 0. The lowest BCUT2D eigenvalue weighted by Crippen LogP contribution is -2.43. The van der Waals surface area contributed by atoms with Gasteiger partial charge >= 0.3 is 0 Å². The van der Waals surface area contributed by atoms with Crippen LogP contribution in [0.2, 0.25) is 0 Å². The van der Waals surface area contributed by atoms with E-state index in [0.717, 1.165) is 19.6 Å². The van der Waals surface area contributed by atoms with Crippen LogP contribution in [0.3, 0.4) is 0 Å². The average molecular weight is 202 g/mol. The van der Waals surface area contributed by atoms with E-state index in [1.165, 1.54) is 0 Å². The van der Waals surface area contributed by atoms with Gasteiger partial charge in [0.15, 0.2) is 0 Å². The molecule has 0 heterocycles. The van der Waals surface area contributed by atoms with Crippen molar-refractivity contribution in [3.63, 3.8) is 0 Å². The molecule has 0 aromatic heterocycles. The molecule has 0 aromatic rings. The number of aliphatic hydroxyl groups is 1. The van der Waals surface area contributed by atoms with E-state index in [9.17, 15) is 0 Å². The molecule has 0 saturated carbocycles. The van der Waals surface area contributed by atoms with Crippen LogP contribution in [0, 0.1) is 5.92 Å². The van der Waals surface area contributed by atoms with Gasteiger partial charge < -0.3 is 10.0 Å². The van der Waals surface area contributed by atoms with Crippen molar-refractivity contribution < 1.29 is 5.11 Å². The molecule has 0 radical (unpaired) electrons. The van der Waals surface area contributed by atoms with Crippen LogP contribution in [0.15, 0.2) is 0 Å². The summed E-state index contributed by atoms with van der Waals surface area (Å²) in [5.41, 5.74) is 0. The van der Waals surface area contributed by atoms with Crippen molar-refractivity contribution in [2.75, 3.05) is 40.3 Å². The van der Waals surface area contributed by atoms with Gasteiger partial charge in [-0.2, -0.15) is 0 Å². The first-order chi connectivity index (χ1) is 6.47. The Hall–Kier alpha value is -0.120. The highest BCUT2D eigenvalue weighted by atomic mass is 16.3. The Morgan fingerprint density at radius 3 is 2.00 bits per heavy atom. The molecule has 1 unspecified atom stereocenters. The third kappa shape index (κ3) is 6.35. The first-order valence-electron chi connectivity index (χ1n) is 5.47. The molecule has 0 spiro atoms. The van der Waals surface area contributed by atoms with Crippen molar-refractivity contribution in [3.8, 4) is 0 Å². The number of hydrogen-bond acceptors (Lipinski definition) is 3. The molecule has 0 aliphatic carbocycles. The minimum atomic E-state index is 0.254. The predicted molar refractivity (Wildman–Crippen MR) is 61.5 cm³/mol. The maximum atomic E-state index is 8.98. The van der Waals surface area contributed by atoms with Crippen molar-refractivity contribution in [3.05, 3.63) is 0 Å². The Morgan fingerprint density at radius 2 is 1.64 bits per heavy atom. The summed E-state index contributed by atoms with van der Waals surface area (Å²) in [5, 5.41) is 8.98. The standard InChI is InChI=1S/C11H26N2O/c1-10(2)8-13(6-7-14)11(3)9-12(4)5/h10-11,14H,6-9H2,1-5H3. The monoisotopic (exact) mass is 202 g/mol. The van der Waals surface area contributed by atoms with Gasteiger partial charge in [0.1, 0.15) is 0 Å². The summed E-state index contributed by atoms with van der Waals surface area (Å²) in [6.07, 6.45) is 0. The number of aliphatic hydroxyl groups excluding tert-OH is 1. The zero-order valence-electron chi connectivity index (χ0n) is 10.3. The van der Waals surface area contributed by atoms with Crippen molar-refractivity contribution >= 4 is 0 Å². The normalized spacial score (nSPS) is 14.4. The van der Waals surface area contributed by atoms with E-state index in [1.807, 2.05) is 0 Å². The van der Waals surface area contributed by atoms with Crippen LogP contribution in [0.25, 0.3) is 0 Å². The lowest BCUT2D eigenvalue weighted by Gasteiger charge is -2.31. The third-order valence-electron chi connectivity index (χ3n) is 2.24. The first-order valence-corrected chi connectivity index (χ1v) is 5.47. The fourth-order valence-electron chi connectivity index (χ4n) is 1.73. The maximum Gasteiger partial charge on any atom is 0.0558 e. The molecule has 3 nitrogen and oxygen atoms in total. The number of hydrogen-bond donors (Lipinski definition) is 1. The van der Waals surface area contributed by atoms with Gasteiger partial charge in [0, 0.05) is 25.7 Å². The summed E-state index contributed by atoms with van der Waals surface area (Å²) in [4.78, 5) is 4.54. The van der Waals surface area contributed by atoms with E-state index in [0.29, 0.717) is 12.0 Å². The zero-order valence-corrected chi connectivity index (χ0v) is 10.3. The molecule has 0 aliphatic rings. The quantitative estimate of drug-likeness (QED) is 0.664. The van der Waals surface area contributed by atoms with Gasteiger partial charge in [0.05, 0.1) is 6.61 Å². The van der Waals surface area contributed by atoms with E-state index < -0.39 is 0 Å². The van der Waals surface area contributed by atoms with Crippen LogP contribution in [0.4, 0.5) is 0 Å². The number of nitrogens with zero attached hydrogens (tertiary/aromatic N) is 2. The van der Waals surface area contributed by atoms with Crippen LogP contribution in [0.5, 0.6) is 0 Å². The van der Waals surface area contributed by atoms with E-state index in [2.05, 4.69) is 44.7 Å². The average Bonchev–Trinajstić information content (AvgIpc) is 2.01. The molecule has 86 valence electrons. The van der Waals surface area contributed by atoms with Crippen LogP contribution >= 0.6 is 0 Å². The molecular weight excluding hydrogens is 176 g/mol. The number of rotatable bonds is 7. The van der Waals surface area contributed by atoms with Crippen molar-refractivity contribution in [2.45, 2.75) is 26.8 Å². The summed E-state index contributed by atoms with van der Waals surface area (Å²) in [5.74, 6) is 0.658. The van der Waals surface area contributed by atoms with Crippen molar-refractivity contribution in [1.29, 1.82) is 0 Å². The van der Waals surface area contributed by atoms with E-state index in [-0.39, 0.29) is 6.61 Å². The maximum absolute atomic E-state index is 8.98. The first kappa shape index (κ1) is 13.9. The minimum Gasteiger partial charge on any atom is -0.395 e. The highest BCUT2D eigenvalue weighted by Crippen LogP contribution is 2.04. The fraction of sp³-hybridized carbons (Fsp3) is 1.00. The van der Waals surface area contributed by atoms with Gasteiger partial charge in [-0.15, -0.1) is 0 Å². The Kier molecular flexibility index (Phi) is 7.15. The van der Waals surface area contributed by atoms with Crippen molar-refractivity contribution in [2.24, 2.45) is 5.92 Å². The molecular formula is C11H26N2O. The molecule has 0 fully saturated rings. The SMILES string of the molecule is CC(C)CN(CCO)C(C)CN(C)C. The molecule has 1 atom stereocenters. The minimum absolute atomic E-state index is 0.254. The van der Waals surface area contributed by atoms with E-state index in [1.54, 1.807) is 0 Å². The zero-order chi connectivity index (χ0) is 11.1. The summed E-state index contributed by atoms with van der Waals surface area (Å²) in [7, 11) is 4.17. The lowest BCUT2D eigenvalue weighted by molar-refractivity contribution is 0.125. The molecule has 0 aliphatic heterocycles. The van der Waals surface area contributed by atoms with E-state index >= 15 is 0 Å². The van der Waals surface area contributed by atoms with Gasteiger partial charge in [-0.3, -0.25) is 4.90 Å². The van der Waals surface area contributed by atoms with Crippen LogP contribution in [-0.2, 0) is 0 Å².